The number of anilines is 1. The van der Waals surface area contributed by atoms with Gasteiger partial charge in [0.25, 0.3) is 0 Å². The number of fused-ring (bicyclic) bond motifs is 1. The van der Waals surface area contributed by atoms with Crippen LogP contribution in [-0.4, -0.2) is 44.8 Å². The summed E-state index contributed by atoms with van der Waals surface area (Å²) in [5, 5.41) is 1.10. The van der Waals surface area contributed by atoms with Crippen molar-refractivity contribution in [3.05, 3.63) is 78.1 Å². The van der Waals surface area contributed by atoms with Crippen molar-refractivity contribution in [1.29, 1.82) is 0 Å². The van der Waals surface area contributed by atoms with E-state index in [9.17, 15) is 0 Å². The van der Waals surface area contributed by atoms with Gasteiger partial charge in [-0.3, -0.25) is 4.90 Å². The number of furan rings is 1. The minimum absolute atomic E-state index is 0.678. The first-order chi connectivity index (χ1) is 16.7. The van der Waals surface area contributed by atoms with Gasteiger partial charge in [0.05, 0.1) is 19.4 Å². The highest BCUT2D eigenvalue weighted by molar-refractivity contribution is 5.97. The van der Waals surface area contributed by atoms with Crippen LogP contribution in [0.4, 0.5) is 5.69 Å². The first-order valence-electron chi connectivity index (χ1n) is 12.0. The Morgan fingerprint density at radius 3 is 2.35 bits per heavy atom. The van der Waals surface area contributed by atoms with Crippen LogP contribution < -0.4 is 14.4 Å². The fraction of sp³-hybridized carbons (Fsp3) is 0.310. The summed E-state index contributed by atoms with van der Waals surface area (Å²) in [4.78, 5) is 4.90. The first-order valence-corrected chi connectivity index (χ1v) is 12.0. The number of piperazine rings is 1. The zero-order valence-corrected chi connectivity index (χ0v) is 20.2. The summed E-state index contributed by atoms with van der Waals surface area (Å²) in [6.45, 7) is 9.47. The van der Waals surface area contributed by atoms with Gasteiger partial charge in [-0.05, 0) is 43.7 Å². The maximum absolute atomic E-state index is 6.20. The molecule has 2 heterocycles. The van der Waals surface area contributed by atoms with Gasteiger partial charge in [-0.15, -0.1) is 0 Å². The number of ether oxygens (including phenoxy) is 2. The monoisotopic (exact) mass is 456 g/mol. The molecule has 1 fully saturated rings. The fourth-order valence-corrected chi connectivity index (χ4v) is 4.95. The molecule has 5 heteroatoms. The lowest BCUT2D eigenvalue weighted by molar-refractivity contribution is 0.245. The van der Waals surface area contributed by atoms with E-state index < -0.39 is 0 Å². The fourth-order valence-electron chi connectivity index (χ4n) is 4.95. The Morgan fingerprint density at radius 2 is 1.62 bits per heavy atom. The Balaban J connectivity index is 1.35. The van der Waals surface area contributed by atoms with Crippen molar-refractivity contribution in [3.8, 4) is 22.6 Å². The van der Waals surface area contributed by atoms with E-state index in [1.54, 1.807) is 7.11 Å². The van der Waals surface area contributed by atoms with Crippen LogP contribution in [-0.2, 0) is 6.54 Å². The zero-order valence-electron chi connectivity index (χ0n) is 20.2. The summed E-state index contributed by atoms with van der Waals surface area (Å²) in [6, 6.07) is 23.0. The number of para-hydroxylation sites is 2. The second-order valence-electron chi connectivity index (χ2n) is 8.72. The smallest absolute Gasteiger partial charge is 0.142 e. The lowest BCUT2D eigenvalue weighted by Gasteiger charge is -2.36. The third-order valence-electron chi connectivity index (χ3n) is 6.60. The van der Waals surface area contributed by atoms with Crippen molar-refractivity contribution >= 4 is 16.7 Å². The molecule has 0 radical (unpaired) electrons. The quantitative estimate of drug-likeness (QED) is 0.334. The van der Waals surface area contributed by atoms with Gasteiger partial charge in [0.2, 0.25) is 0 Å². The minimum atomic E-state index is 0.678. The van der Waals surface area contributed by atoms with Gasteiger partial charge < -0.3 is 18.8 Å². The number of nitrogens with zero attached hydrogens (tertiary/aromatic N) is 2. The van der Waals surface area contributed by atoms with Gasteiger partial charge in [0.1, 0.15) is 22.8 Å². The van der Waals surface area contributed by atoms with Gasteiger partial charge >= 0.3 is 0 Å². The summed E-state index contributed by atoms with van der Waals surface area (Å²) in [7, 11) is 1.75. The van der Waals surface area contributed by atoms with Gasteiger partial charge in [0.15, 0.2) is 0 Å². The Morgan fingerprint density at radius 1 is 0.882 bits per heavy atom. The van der Waals surface area contributed by atoms with E-state index in [4.69, 9.17) is 13.9 Å². The summed E-state index contributed by atoms with van der Waals surface area (Å²) in [5.41, 5.74) is 5.56. The molecule has 0 N–H and O–H groups in total. The highest BCUT2D eigenvalue weighted by atomic mass is 16.5. The molecule has 0 saturated carbocycles. The highest BCUT2D eigenvalue weighted by Gasteiger charge is 2.22. The zero-order chi connectivity index (χ0) is 23.5. The molecule has 5 rings (SSSR count). The van der Waals surface area contributed by atoms with Crippen LogP contribution in [0.25, 0.3) is 22.1 Å². The lowest BCUT2D eigenvalue weighted by atomic mass is 10.0. The number of hydrogen-bond acceptors (Lipinski definition) is 5. The van der Waals surface area contributed by atoms with Gasteiger partial charge in [-0.2, -0.15) is 0 Å². The predicted octanol–water partition coefficient (Wildman–Crippen LogP) is 6.14. The van der Waals surface area contributed by atoms with Crippen LogP contribution in [0.5, 0.6) is 11.5 Å². The molecule has 176 valence electrons. The SMILES string of the molecule is CCOc1ccccc1N1CCN(Cc2cc3oc(C)c(-c4ccccc4)c3cc2OC)CC1. The normalized spacial score (nSPS) is 14.5. The molecular formula is C29H32N2O3. The molecule has 3 aromatic carbocycles. The van der Waals surface area contributed by atoms with Crippen molar-refractivity contribution in [3.63, 3.8) is 0 Å². The van der Waals surface area contributed by atoms with E-state index in [0.29, 0.717) is 6.61 Å². The molecule has 0 aliphatic carbocycles. The molecular weight excluding hydrogens is 424 g/mol. The molecule has 1 saturated heterocycles. The van der Waals surface area contributed by atoms with Gasteiger partial charge in [-0.25, -0.2) is 0 Å². The largest absolute Gasteiger partial charge is 0.496 e. The van der Waals surface area contributed by atoms with E-state index in [1.165, 1.54) is 5.69 Å². The number of aryl methyl sites for hydroxylation is 1. The van der Waals surface area contributed by atoms with E-state index in [2.05, 4.69) is 64.4 Å². The summed E-state index contributed by atoms with van der Waals surface area (Å²) in [5.74, 6) is 2.81. The van der Waals surface area contributed by atoms with Crippen LogP contribution in [0.15, 0.2) is 71.1 Å². The maximum atomic E-state index is 6.20. The summed E-state index contributed by atoms with van der Waals surface area (Å²) in [6.07, 6.45) is 0. The maximum Gasteiger partial charge on any atom is 0.142 e. The van der Waals surface area contributed by atoms with E-state index >= 15 is 0 Å². The van der Waals surface area contributed by atoms with Crippen molar-refractivity contribution in [2.45, 2.75) is 20.4 Å². The molecule has 0 atom stereocenters. The van der Waals surface area contributed by atoms with Gasteiger partial charge in [0, 0.05) is 49.2 Å². The third-order valence-corrected chi connectivity index (χ3v) is 6.60. The van der Waals surface area contributed by atoms with Crippen LogP contribution in [0.3, 0.4) is 0 Å². The lowest BCUT2D eigenvalue weighted by Crippen LogP contribution is -2.46. The number of methoxy groups -OCH3 is 1. The molecule has 1 aliphatic heterocycles. The van der Waals surface area contributed by atoms with Crippen LogP contribution in [0, 0.1) is 6.92 Å². The van der Waals surface area contributed by atoms with Gasteiger partial charge in [-0.1, -0.05) is 42.5 Å². The Kier molecular flexibility index (Phi) is 6.45. The number of rotatable bonds is 7. The standard InChI is InChI=1S/C29H32N2O3/c1-4-33-26-13-9-8-12-25(26)31-16-14-30(15-17-31)20-23-18-28-24(19-27(23)32-3)29(21(2)34-28)22-10-6-5-7-11-22/h5-13,18-19H,4,14-17,20H2,1-3H3. The van der Waals surface area contributed by atoms with Crippen molar-refractivity contribution in [2.24, 2.45) is 0 Å². The van der Waals surface area contributed by atoms with Crippen LogP contribution >= 0.6 is 0 Å². The molecule has 0 bridgehead atoms. The molecule has 0 amide bonds. The predicted molar refractivity (Wildman–Crippen MR) is 138 cm³/mol. The molecule has 1 aliphatic rings. The van der Waals surface area contributed by atoms with E-state index in [1.807, 2.05) is 26.0 Å². The Labute approximate surface area is 201 Å². The first kappa shape index (κ1) is 22.4. The summed E-state index contributed by atoms with van der Waals surface area (Å²) >= 11 is 0. The molecule has 1 aromatic heterocycles. The molecule has 4 aromatic rings. The molecule has 0 spiro atoms. The van der Waals surface area contributed by atoms with Crippen molar-refractivity contribution in [2.75, 3.05) is 44.8 Å². The second kappa shape index (κ2) is 9.82. The highest BCUT2D eigenvalue weighted by Crippen LogP contribution is 2.38. The van der Waals surface area contributed by atoms with Crippen molar-refractivity contribution in [1.82, 2.24) is 4.90 Å². The second-order valence-corrected chi connectivity index (χ2v) is 8.72. The molecule has 5 nitrogen and oxygen atoms in total. The van der Waals surface area contributed by atoms with E-state index in [-0.39, 0.29) is 0 Å². The average Bonchev–Trinajstić information content (AvgIpc) is 3.19. The number of hydrogen-bond donors (Lipinski definition) is 0. The molecule has 0 unspecified atom stereocenters. The molecule has 34 heavy (non-hydrogen) atoms. The van der Waals surface area contributed by atoms with Crippen LogP contribution in [0.2, 0.25) is 0 Å². The van der Waals surface area contributed by atoms with Crippen molar-refractivity contribution < 1.29 is 13.9 Å². The summed E-state index contributed by atoms with van der Waals surface area (Å²) < 4.78 is 17.9. The minimum Gasteiger partial charge on any atom is -0.496 e. The number of benzene rings is 3. The topological polar surface area (TPSA) is 38.1 Å². The van der Waals surface area contributed by atoms with E-state index in [0.717, 1.165) is 77.6 Å². The average molecular weight is 457 g/mol. The Hall–Kier alpha value is -3.44. The third kappa shape index (κ3) is 4.36. The Bertz CT molecular complexity index is 1260. The van der Waals surface area contributed by atoms with Crippen LogP contribution in [0.1, 0.15) is 18.2 Å².